The number of alkyl halides is 2. The average Bonchev–Trinajstić information content (AvgIpc) is 3.01. The first-order valence-electron chi connectivity index (χ1n) is 8.63. The molecule has 0 saturated heterocycles. The molecule has 3 aromatic rings. The summed E-state index contributed by atoms with van der Waals surface area (Å²) in [6, 6.07) is 11.3. The predicted molar refractivity (Wildman–Crippen MR) is 93.3 cm³/mol. The van der Waals surface area contributed by atoms with E-state index in [9.17, 15) is 9.18 Å². The summed E-state index contributed by atoms with van der Waals surface area (Å²) in [5.74, 6) is 0. The second-order valence-electron chi connectivity index (χ2n) is 6.84. The summed E-state index contributed by atoms with van der Waals surface area (Å²) < 4.78 is 36.0. The standard InChI is InChI=1S/C20H16F2N2O2/c1-2-20(22)14-8-16-17-12(7-11-5-3-4-6-15(11)23-17)9-24(16)18(25)13(14)10-26-19(20)21/h3-8,19H,2,9-10H2,1H3/t19-,20-/m1/s1. The number of para-hydroxylation sites is 1. The molecule has 5 rings (SSSR count). The van der Waals surface area contributed by atoms with Crippen LogP contribution >= 0.6 is 0 Å². The molecule has 2 aliphatic rings. The van der Waals surface area contributed by atoms with Crippen LogP contribution in [-0.2, 0) is 23.6 Å². The lowest BCUT2D eigenvalue weighted by molar-refractivity contribution is -0.163. The molecule has 132 valence electrons. The SMILES string of the molecule is CC[C@@]1(F)c2cc3n(c(=O)c2CO[C@H]1F)Cc1cc2ccccc2nc1-3. The maximum absolute atomic E-state index is 15.3. The largest absolute Gasteiger partial charge is 0.340 e. The quantitative estimate of drug-likeness (QED) is 0.522. The van der Waals surface area contributed by atoms with Crippen LogP contribution in [0.3, 0.4) is 0 Å². The first-order valence-corrected chi connectivity index (χ1v) is 8.63. The topological polar surface area (TPSA) is 44.1 Å². The van der Waals surface area contributed by atoms with Gasteiger partial charge in [0.25, 0.3) is 5.56 Å². The van der Waals surface area contributed by atoms with Crippen molar-refractivity contribution in [1.29, 1.82) is 0 Å². The number of halogens is 2. The number of hydrogen-bond acceptors (Lipinski definition) is 3. The third-order valence-electron chi connectivity index (χ3n) is 5.47. The molecule has 4 heterocycles. The molecule has 26 heavy (non-hydrogen) atoms. The van der Waals surface area contributed by atoms with E-state index in [-0.39, 0.29) is 29.7 Å². The molecule has 0 saturated carbocycles. The molecule has 4 nitrogen and oxygen atoms in total. The molecule has 6 heteroatoms. The zero-order valence-corrected chi connectivity index (χ0v) is 14.1. The van der Waals surface area contributed by atoms with Gasteiger partial charge in [-0.25, -0.2) is 13.8 Å². The Morgan fingerprint density at radius 3 is 2.96 bits per heavy atom. The van der Waals surface area contributed by atoms with Crippen LogP contribution in [0, 0.1) is 0 Å². The summed E-state index contributed by atoms with van der Waals surface area (Å²) in [5.41, 5.74) is 0.551. The lowest BCUT2D eigenvalue weighted by Crippen LogP contribution is -2.42. The number of ether oxygens (including phenoxy) is 1. The summed E-state index contributed by atoms with van der Waals surface area (Å²) in [7, 11) is 0. The molecule has 2 aromatic heterocycles. The predicted octanol–water partition coefficient (Wildman–Crippen LogP) is 3.83. The van der Waals surface area contributed by atoms with Crippen molar-refractivity contribution in [3.8, 4) is 11.4 Å². The van der Waals surface area contributed by atoms with Gasteiger partial charge < -0.3 is 9.30 Å². The molecule has 2 aliphatic heterocycles. The first-order chi connectivity index (χ1) is 12.5. The van der Waals surface area contributed by atoms with E-state index in [4.69, 9.17) is 4.74 Å². The van der Waals surface area contributed by atoms with E-state index in [0.717, 1.165) is 16.5 Å². The maximum Gasteiger partial charge on any atom is 0.257 e. The lowest BCUT2D eigenvalue weighted by Gasteiger charge is -2.34. The monoisotopic (exact) mass is 354 g/mol. The Morgan fingerprint density at radius 1 is 1.35 bits per heavy atom. The van der Waals surface area contributed by atoms with E-state index in [1.165, 1.54) is 0 Å². The molecule has 0 spiro atoms. The van der Waals surface area contributed by atoms with E-state index in [1.54, 1.807) is 17.6 Å². The van der Waals surface area contributed by atoms with Crippen LogP contribution in [0.15, 0.2) is 41.2 Å². The summed E-state index contributed by atoms with van der Waals surface area (Å²) in [5, 5.41) is 0.984. The number of aromatic nitrogens is 2. The van der Waals surface area contributed by atoms with E-state index in [0.29, 0.717) is 17.9 Å². The van der Waals surface area contributed by atoms with E-state index >= 15 is 4.39 Å². The van der Waals surface area contributed by atoms with Crippen LogP contribution in [0.4, 0.5) is 8.78 Å². The highest BCUT2D eigenvalue weighted by molar-refractivity contribution is 5.84. The van der Waals surface area contributed by atoms with Crippen molar-refractivity contribution in [3.63, 3.8) is 0 Å². The number of hydrogen-bond donors (Lipinski definition) is 0. The minimum atomic E-state index is -2.32. The summed E-state index contributed by atoms with van der Waals surface area (Å²) in [6.45, 7) is 1.71. The molecule has 0 radical (unpaired) electrons. The van der Waals surface area contributed by atoms with Gasteiger partial charge in [-0.3, -0.25) is 4.79 Å². The summed E-state index contributed by atoms with van der Waals surface area (Å²) in [6.07, 6.45) is -2.19. The van der Waals surface area contributed by atoms with Gasteiger partial charge in [0, 0.05) is 22.1 Å². The van der Waals surface area contributed by atoms with Crippen molar-refractivity contribution in [1.82, 2.24) is 9.55 Å². The highest BCUT2D eigenvalue weighted by Crippen LogP contribution is 2.43. The van der Waals surface area contributed by atoms with Gasteiger partial charge in [-0.1, -0.05) is 25.1 Å². The van der Waals surface area contributed by atoms with Gasteiger partial charge in [0.05, 0.1) is 30.1 Å². The minimum absolute atomic E-state index is 0.0952. The Kier molecular flexibility index (Phi) is 3.13. The fraction of sp³-hybridized carbons (Fsp3) is 0.300. The van der Waals surface area contributed by atoms with Crippen molar-refractivity contribution in [2.75, 3.05) is 0 Å². The van der Waals surface area contributed by atoms with Crippen LogP contribution in [0.25, 0.3) is 22.3 Å². The molecule has 0 fully saturated rings. The molecule has 2 atom stereocenters. The highest BCUT2D eigenvalue weighted by atomic mass is 19.2. The molecule has 0 bridgehead atoms. The summed E-state index contributed by atoms with van der Waals surface area (Å²) >= 11 is 0. The van der Waals surface area contributed by atoms with Crippen LogP contribution < -0.4 is 5.56 Å². The van der Waals surface area contributed by atoms with Crippen molar-refractivity contribution in [2.24, 2.45) is 0 Å². The molecule has 1 aromatic carbocycles. The zero-order chi connectivity index (χ0) is 18.1. The van der Waals surface area contributed by atoms with Crippen molar-refractivity contribution < 1.29 is 13.5 Å². The fourth-order valence-electron chi connectivity index (χ4n) is 3.99. The van der Waals surface area contributed by atoms with Gasteiger partial charge in [0.15, 0.2) is 5.67 Å². The Bertz CT molecular complexity index is 1120. The summed E-state index contributed by atoms with van der Waals surface area (Å²) in [4.78, 5) is 17.6. The number of rotatable bonds is 1. The van der Waals surface area contributed by atoms with Gasteiger partial charge >= 0.3 is 0 Å². The van der Waals surface area contributed by atoms with Gasteiger partial charge in [0.1, 0.15) is 0 Å². The second-order valence-corrected chi connectivity index (χ2v) is 6.84. The Labute approximate surface area is 148 Å². The number of benzene rings is 1. The van der Waals surface area contributed by atoms with Gasteiger partial charge in [-0.05, 0) is 24.6 Å². The van der Waals surface area contributed by atoms with Crippen LogP contribution in [0.1, 0.15) is 30.0 Å². The smallest absolute Gasteiger partial charge is 0.257 e. The lowest BCUT2D eigenvalue weighted by atomic mass is 9.87. The molecule has 0 amide bonds. The third-order valence-corrected chi connectivity index (χ3v) is 5.47. The Balaban J connectivity index is 1.80. The van der Waals surface area contributed by atoms with Crippen LogP contribution in [-0.4, -0.2) is 15.9 Å². The molecule has 0 N–H and O–H groups in total. The van der Waals surface area contributed by atoms with Crippen LogP contribution in [0.2, 0.25) is 0 Å². The normalized spacial score (nSPS) is 23.6. The molecular formula is C20H16F2N2O2. The first kappa shape index (κ1) is 15.6. The molecule has 0 aliphatic carbocycles. The van der Waals surface area contributed by atoms with E-state index in [1.807, 2.05) is 30.3 Å². The Morgan fingerprint density at radius 2 is 2.15 bits per heavy atom. The average molecular weight is 354 g/mol. The number of nitrogens with zero attached hydrogens (tertiary/aromatic N) is 2. The molecular weight excluding hydrogens is 338 g/mol. The minimum Gasteiger partial charge on any atom is -0.340 e. The highest BCUT2D eigenvalue weighted by Gasteiger charge is 2.47. The molecule has 0 unspecified atom stereocenters. The Hall–Kier alpha value is -2.60. The van der Waals surface area contributed by atoms with Crippen molar-refractivity contribution >= 4 is 10.9 Å². The second kappa shape index (κ2) is 5.20. The number of fused-ring (bicyclic) bond motifs is 5. The zero-order valence-electron chi connectivity index (χ0n) is 14.1. The van der Waals surface area contributed by atoms with E-state index in [2.05, 4.69) is 4.98 Å². The maximum atomic E-state index is 15.3. The van der Waals surface area contributed by atoms with Gasteiger partial charge in [0.2, 0.25) is 6.36 Å². The number of pyridine rings is 2. The van der Waals surface area contributed by atoms with Crippen molar-refractivity contribution in [2.45, 2.75) is 38.5 Å². The van der Waals surface area contributed by atoms with Crippen LogP contribution in [0.5, 0.6) is 0 Å². The van der Waals surface area contributed by atoms with Crippen molar-refractivity contribution in [3.05, 3.63) is 63.4 Å². The fourth-order valence-corrected chi connectivity index (χ4v) is 3.99. The van der Waals surface area contributed by atoms with Gasteiger partial charge in [-0.15, -0.1) is 0 Å². The van der Waals surface area contributed by atoms with Gasteiger partial charge in [-0.2, -0.15) is 0 Å². The third kappa shape index (κ3) is 1.90. The van der Waals surface area contributed by atoms with E-state index < -0.39 is 12.0 Å².